The van der Waals surface area contributed by atoms with E-state index in [9.17, 15) is 13.6 Å². The van der Waals surface area contributed by atoms with Crippen LogP contribution in [0.4, 0.5) is 5.69 Å². The molecule has 0 fully saturated rings. The Bertz CT molecular complexity index is 485. The van der Waals surface area contributed by atoms with E-state index in [0.717, 1.165) is 0 Å². The molecule has 1 aromatic rings. The van der Waals surface area contributed by atoms with E-state index in [4.69, 9.17) is 4.74 Å². The Morgan fingerprint density at radius 1 is 1.37 bits per heavy atom. The summed E-state index contributed by atoms with van der Waals surface area (Å²) in [6.45, 7) is 5.24. The number of methoxy groups -OCH3 is 1. The van der Waals surface area contributed by atoms with Crippen LogP contribution in [0, 0.1) is 5.41 Å². The third kappa shape index (κ3) is 5.24. The fourth-order valence-corrected chi connectivity index (χ4v) is 1.66. The zero-order valence-electron chi connectivity index (χ0n) is 11.8. The van der Waals surface area contributed by atoms with Crippen LogP contribution in [0.1, 0.15) is 20.8 Å². The molecule has 0 aliphatic heterocycles. The molecule has 0 spiro atoms. The molecular formula is C12H16NNaO4S. The van der Waals surface area contributed by atoms with Gasteiger partial charge in [0.05, 0.1) is 12.8 Å². The summed E-state index contributed by atoms with van der Waals surface area (Å²) in [4.78, 5) is 11.9. The molecule has 0 saturated carbocycles. The molecule has 1 N–H and O–H groups in total. The second-order valence-corrected chi connectivity index (χ2v) is 5.71. The summed E-state index contributed by atoms with van der Waals surface area (Å²) in [7, 11) is 1.47. The maximum absolute atomic E-state index is 11.9. The number of amides is 1. The maximum atomic E-state index is 11.9. The molecule has 1 aromatic carbocycles. The first-order valence-corrected chi connectivity index (χ1v) is 6.42. The molecule has 19 heavy (non-hydrogen) atoms. The minimum absolute atomic E-state index is 0. The minimum Gasteiger partial charge on any atom is -0.768 e. The standard InChI is InChI=1S/C12H17NO4S.Na/c1-12(2,3)11(14)13-9-7-8(17-4)5-6-10(9)18(15)16;/h5-7H,1-4H3,(H,13,14)(H,15,16);/q;+1/p-1. The Labute approximate surface area is 137 Å². The van der Waals surface area contributed by atoms with Crippen molar-refractivity contribution in [2.24, 2.45) is 5.41 Å². The molecule has 0 aromatic heterocycles. The predicted octanol–water partition coefficient (Wildman–Crippen LogP) is -1.08. The fourth-order valence-electron chi connectivity index (χ4n) is 1.19. The molecule has 1 unspecified atom stereocenters. The smallest absolute Gasteiger partial charge is 0.768 e. The van der Waals surface area contributed by atoms with Crippen LogP contribution in [-0.4, -0.2) is 21.8 Å². The molecule has 0 saturated heterocycles. The van der Waals surface area contributed by atoms with Crippen molar-refractivity contribution in [3.63, 3.8) is 0 Å². The molecule has 1 amide bonds. The van der Waals surface area contributed by atoms with Gasteiger partial charge in [0, 0.05) is 16.4 Å². The number of carbonyl (C=O) groups excluding carboxylic acids is 1. The van der Waals surface area contributed by atoms with Gasteiger partial charge in [0.15, 0.2) is 0 Å². The molecule has 5 nitrogen and oxygen atoms in total. The predicted molar refractivity (Wildman–Crippen MR) is 68.3 cm³/mol. The van der Waals surface area contributed by atoms with E-state index in [1.807, 2.05) is 0 Å². The summed E-state index contributed by atoms with van der Waals surface area (Å²) in [5.41, 5.74) is -0.382. The molecule has 100 valence electrons. The number of hydrogen-bond acceptors (Lipinski definition) is 4. The van der Waals surface area contributed by atoms with Gasteiger partial charge in [0.1, 0.15) is 5.75 Å². The van der Waals surface area contributed by atoms with E-state index in [1.54, 1.807) is 20.8 Å². The maximum Gasteiger partial charge on any atom is 1.00 e. The summed E-state index contributed by atoms with van der Waals surface area (Å²) in [5, 5.41) is 2.59. The van der Waals surface area contributed by atoms with Gasteiger partial charge >= 0.3 is 29.6 Å². The summed E-state index contributed by atoms with van der Waals surface area (Å²) in [6, 6.07) is 4.40. The zero-order chi connectivity index (χ0) is 13.9. The van der Waals surface area contributed by atoms with E-state index < -0.39 is 16.5 Å². The van der Waals surface area contributed by atoms with Gasteiger partial charge in [0.25, 0.3) is 0 Å². The molecule has 0 aliphatic carbocycles. The van der Waals surface area contributed by atoms with Gasteiger partial charge in [-0.1, -0.05) is 20.8 Å². The van der Waals surface area contributed by atoms with E-state index in [-0.39, 0.29) is 46.0 Å². The average molecular weight is 293 g/mol. The van der Waals surface area contributed by atoms with Crippen molar-refractivity contribution in [2.75, 3.05) is 12.4 Å². The van der Waals surface area contributed by atoms with E-state index in [1.165, 1.54) is 25.3 Å². The first-order chi connectivity index (χ1) is 8.25. The van der Waals surface area contributed by atoms with Crippen molar-refractivity contribution in [1.29, 1.82) is 0 Å². The third-order valence-corrected chi connectivity index (χ3v) is 3.01. The van der Waals surface area contributed by atoms with Crippen molar-refractivity contribution in [3.05, 3.63) is 18.2 Å². The van der Waals surface area contributed by atoms with Crippen LogP contribution >= 0.6 is 0 Å². The number of hydrogen-bond donors (Lipinski definition) is 1. The van der Waals surface area contributed by atoms with Crippen molar-refractivity contribution in [1.82, 2.24) is 0 Å². The Morgan fingerprint density at radius 3 is 2.37 bits per heavy atom. The van der Waals surface area contributed by atoms with Crippen LogP contribution in [0.15, 0.2) is 23.1 Å². The SMILES string of the molecule is COc1ccc(S(=O)[O-])c(NC(=O)C(C)(C)C)c1.[Na+]. The molecule has 0 aliphatic rings. The molecule has 7 heteroatoms. The van der Waals surface area contributed by atoms with Crippen LogP contribution in [0.3, 0.4) is 0 Å². The molecule has 0 bridgehead atoms. The second kappa shape index (κ2) is 7.40. The number of nitrogens with one attached hydrogen (secondary N) is 1. The number of carbonyl (C=O) groups is 1. The summed E-state index contributed by atoms with van der Waals surface area (Å²) in [6.07, 6.45) is 0. The zero-order valence-corrected chi connectivity index (χ0v) is 14.6. The van der Waals surface area contributed by atoms with Crippen molar-refractivity contribution in [2.45, 2.75) is 25.7 Å². The van der Waals surface area contributed by atoms with E-state index in [0.29, 0.717) is 5.75 Å². The topological polar surface area (TPSA) is 78.5 Å². The quantitative estimate of drug-likeness (QED) is 0.568. The summed E-state index contributed by atoms with van der Waals surface area (Å²) in [5.74, 6) is 0.218. The molecule has 1 rings (SSSR count). The van der Waals surface area contributed by atoms with Crippen LogP contribution < -0.4 is 39.6 Å². The van der Waals surface area contributed by atoms with E-state index >= 15 is 0 Å². The third-order valence-electron chi connectivity index (χ3n) is 2.30. The van der Waals surface area contributed by atoms with Gasteiger partial charge in [-0.2, -0.15) is 0 Å². The monoisotopic (exact) mass is 293 g/mol. The fraction of sp³-hybridized carbons (Fsp3) is 0.417. The van der Waals surface area contributed by atoms with Gasteiger partial charge < -0.3 is 14.6 Å². The number of ether oxygens (including phenoxy) is 1. The van der Waals surface area contributed by atoms with Crippen LogP contribution in [0.5, 0.6) is 5.75 Å². The normalized spacial score (nSPS) is 12.3. The van der Waals surface area contributed by atoms with Gasteiger partial charge in [-0.3, -0.25) is 9.00 Å². The van der Waals surface area contributed by atoms with Crippen LogP contribution in [0.2, 0.25) is 0 Å². The Morgan fingerprint density at radius 2 is 1.95 bits per heavy atom. The molecule has 0 radical (unpaired) electrons. The van der Waals surface area contributed by atoms with Crippen LogP contribution in [-0.2, 0) is 15.9 Å². The number of benzene rings is 1. The van der Waals surface area contributed by atoms with Gasteiger partial charge in [-0.05, 0) is 23.2 Å². The molecule has 1 atom stereocenters. The van der Waals surface area contributed by atoms with Crippen molar-refractivity contribution < 1.29 is 47.9 Å². The number of rotatable bonds is 3. The largest absolute Gasteiger partial charge is 1.00 e. The first-order valence-electron chi connectivity index (χ1n) is 5.34. The Balaban J connectivity index is 0.00000324. The van der Waals surface area contributed by atoms with Gasteiger partial charge in [-0.25, -0.2) is 0 Å². The van der Waals surface area contributed by atoms with Crippen molar-refractivity contribution >= 4 is 22.7 Å². The van der Waals surface area contributed by atoms with Gasteiger partial charge in [-0.15, -0.1) is 0 Å². The first kappa shape index (κ1) is 18.6. The average Bonchev–Trinajstić information content (AvgIpc) is 2.27. The Hall–Kier alpha value is -0.400. The Kier molecular flexibility index (Phi) is 7.24. The summed E-state index contributed by atoms with van der Waals surface area (Å²) >= 11 is -2.41. The van der Waals surface area contributed by atoms with Crippen LogP contribution in [0.25, 0.3) is 0 Å². The molecular weight excluding hydrogens is 277 g/mol. The van der Waals surface area contributed by atoms with Crippen molar-refractivity contribution in [3.8, 4) is 5.75 Å². The van der Waals surface area contributed by atoms with E-state index in [2.05, 4.69) is 5.32 Å². The van der Waals surface area contributed by atoms with Gasteiger partial charge in [0.2, 0.25) is 5.91 Å². The second-order valence-electron chi connectivity index (χ2n) is 4.80. The molecule has 0 heterocycles. The minimum atomic E-state index is -2.41. The number of anilines is 1. The summed E-state index contributed by atoms with van der Waals surface area (Å²) < 4.78 is 27.1.